The van der Waals surface area contributed by atoms with Crippen LogP contribution in [0.1, 0.15) is 25.0 Å². The third-order valence-corrected chi connectivity index (χ3v) is 9.24. The molecule has 0 radical (unpaired) electrons. The first-order valence-electron chi connectivity index (χ1n) is 13.9. The fourth-order valence-electron chi connectivity index (χ4n) is 4.41. The second-order valence-corrected chi connectivity index (χ2v) is 12.8. The Kier molecular flexibility index (Phi) is 10.9. The maximum atomic E-state index is 14.0. The lowest BCUT2D eigenvalue weighted by Crippen LogP contribution is -2.51. The molecular formula is C33H33Cl2N3O5S. The van der Waals surface area contributed by atoms with Gasteiger partial charge in [-0.05, 0) is 87.0 Å². The van der Waals surface area contributed by atoms with Crippen LogP contribution in [0.25, 0.3) is 0 Å². The van der Waals surface area contributed by atoms with Crippen molar-refractivity contribution in [1.29, 1.82) is 0 Å². The Morgan fingerprint density at radius 3 is 2.14 bits per heavy atom. The zero-order valence-electron chi connectivity index (χ0n) is 24.5. The summed E-state index contributed by atoms with van der Waals surface area (Å²) < 4.78 is 35.0. The van der Waals surface area contributed by atoms with Gasteiger partial charge in [0, 0.05) is 23.1 Å². The molecule has 0 aromatic heterocycles. The molecule has 0 spiro atoms. The fourth-order valence-corrected chi connectivity index (χ4v) is 6.29. The molecule has 0 saturated heterocycles. The zero-order chi connectivity index (χ0) is 31.9. The molecule has 44 heavy (non-hydrogen) atoms. The number of rotatable bonds is 12. The lowest BCUT2D eigenvalue weighted by atomic mass is 10.1. The molecule has 0 aliphatic rings. The second-order valence-electron chi connectivity index (χ2n) is 10.1. The Morgan fingerprint density at radius 2 is 1.52 bits per heavy atom. The minimum absolute atomic E-state index is 0.0181. The van der Waals surface area contributed by atoms with Crippen molar-refractivity contribution in [3.63, 3.8) is 0 Å². The van der Waals surface area contributed by atoms with Gasteiger partial charge in [-0.25, -0.2) is 8.42 Å². The van der Waals surface area contributed by atoms with Crippen molar-refractivity contribution in [3.8, 4) is 11.5 Å². The lowest BCUT2D eigenvalue weighted by molar-refractivity contribution is -0.139. The zero-order valence-corrected chi connectivity index (χ0v) is 26.9. The number of anilines is 1. The van der Waals surface area contributed by atoms with Gasteiger partial charge in [-0.3, -0.25) is 13.9 Å². The third kappa shape index (κ3) is 8.11. The van der Waals surface area contributed by atoms with Gasteiger partial charge in [0.2, 0.25) is 11.8 Å². The summed E-state index contributed by atoms with van der Waals surface area (Å²) in [6.45, 7) is 4.94. The second kappa shape index (κ2) is 14.6. The first-order chi connectivity index (χ1) is 21.0. The van der Waals surface area contributed by atoms with Crippen molar-refractivity contribution in [2.75, 3.05) is 17.4 Å². The quantitative estimate of drug-likeness (QED) is 0.181. The van der Waals surface area contributed by atoms with Crippen LogP contribution < -0.4 is 14.4 Å². The van der Waals surface area contributed by atoms with Crippen LogP contribution in [0.15, 0.2) is 102 Å². The van der Waals surface area contributed by atoms with Crippen LogP contribution >= 0.6 is 23.2 Å². The SMILES string of the molecule is CCNC(=O)[C@H](C)N(Cc1ccc(Cl)cc1Cl)C(=O)CN(c1ccc(Oc2ccccc2)cc1)S(=O)(=O)c1ccc(C)cc1. The third-order valence-electron chi connectivity index (χ3n) is 6.87. The van der Waals surface area contributed by atoms with Gasteiger partial charge in [0.05, 0.1) is 10.6 Å². The van der Waals surface area contributed by atoms with E-state index in [1.807, 2.05) is 25.1 Å². The van der Waals surface area contributed by atoms with Crippen LogP contribution in [-0.4, -0.2) is 44.3 Å². The number of hydrogen-bond donors (Lipinski definition) is 1. The number of para-hydroxylation sites is 1. The number of nitrogens with one attached hydrogen (secondary N) is 1. The number of carbonyl (C=O) groups is 2. The fraction of sp³-hybridized carbons (Fsp3) is 0.212. The Labute approximate surface area is 268 Å². The number of aryl methyl sites for hydroxylation is 1. The molecule has 1 atom stereocenters. The van der Waals surface area contributed by atoms with E-state index in [1.54, 1.807) is 80.6 Å². The average molecular weight is 655 g/mol. The number of nitrogens with zero attached hydrogens (tertiary/aromatic N) is 2. The molecule has 0 heterocycles. The van der Waals surface area contributed by atoms with Crippen molar-refractivity contribution < 1.29 is 22.7 Å². The highest BCUT2D eigenvalue weighted by Crippen LogP contribution is 2.29. The summed E-state index contributed by atoms with van der Waals surface area (Å²) in [5.41, 5.74) is 1.68. The molecule has 230 valence electrons. The molecule has 0 fully saturated rings. The first-order valence-corrected chi connectivity index (χ1v) is 16.1. The minimum atomic E-state index is -4.21. The summed E-state index contributed by atoms with van der Waals surface area (Å²) in [6, 6.07) is 25.9. The van der Waals surface area contributed by atoms with E-state index in [0.29, 0.717) is 33.7 Å². The van der Waals surface area contributed by atoms with E-state index in [1.165, 1.54) is 17.0 Å². The largest absolute Gasteiger partial charge is 0.457 e. The first kappa shape index (κ1) is 32.9. The van der Waals surface area contributed by atoms with Crippen molar-refractivity contribution in [2.45, 2.75) is 38.3 Å². The normalized spacial score (nSPS) is 11.8. The molecule has 11 heteroatoms. The molecule has 0 saturated carbocycles. The monoisotopic (exact) mass is 653 g/mol. The van der Waals surface area contributed by atoms with Crippen molar-refractivity contribution in [1.82, 2.24) is 10.2 Å². The summed E-state index contributed by atoms with van der Waals surface area (Å²) in [5, 5.41) is 3.47. The molecule has 0 unspecified atom stereocenters. The topological polar surface area (TPSA) is 96.0 Å². The van der Waals surface area contributed by atoms with Crippen LogP contribution in [0, 0.1) is 6.92 Å². The van der Waals surface area contributed by atoms with Crippen molar-refractivity contribution >= 4 is 50.7 Å². The Bertz CT molecular complexity index is 1700. The average Bonchev–Trinajstić information content (AvgIpc) is 3.00. The minimum Gasteiger partial charge on any atom is -0.457 e. The Balaban J connectivity index is 1.71. The number of carbonyl (C=O) groups excluding carboxylic acids is 2. The summed E-state index contributed by atoms with van der Waals surface area (Å²) in [4.78, 5) is 28.3. The highest BCUT2D eigenvalue weighted by molar-refractivity contribution is 7.92. The number of halogens is 2. The molecule has 4 aromatic rings. The smallest absolute Gasteiger partial charge is 0.264 e. The van der Waals surface area contributed by atoms with Gasteiger partial charge in [0.15, 0.2) is 0 Å². The number of amides is 2. The molecule has 2 amide bonds. The standard InChI is InChI=1S/C33H33Cl2N3O5S/c1-4-36-33(40)24(3)37(21-25-12-13-26(34)20-31(25)35)32(39)22-38(44(41,42)30-18-10-23(2)11-19-30)27-14-16-29(17-15-27)43-28-8-6-5-7-9-28/h5-20,24H,4,21-22H2,1-3H3,(H,36,40)/t24-/m0/s1. The summed E-state index contributed by atoms with van der Waals surface area (Å²) in [6.07, 6.45) is 0. The van der Waals surface area contributed by atoms with Gasteiger partial charge in [-0.2, -0.15) is 0 Å². The van der Waals surface area contributed by atoms with E-state index in [2.05, 4.69) is 5.32 Å². The predicted molar refractivity (Wildman–Crippen MR) is 174 cm³/mol. The maximum absolute atomic E-state index is 14.0. The van der Waals surface area contributed by atoms with Gasteiger partial charge in [0.25, 0.3) is 10.0 Å². The van der Waals surface area contributed by atoms with Crippen molar-refractivity contribution in [2.24, 2.45) is 0 Å². The molecule has 1 N–H and O–H groups in total. The van der Waals surface area contributed by atoms with E-state index in [4.69, 9.17) is 27.9 Å². The number of likely N-dealkylation sites (N-methyl/N-ethyl adjacent to an activating group) is 1. The van der Waals surface area contributed by atoms with E-state index in [0.717, 1.165) is 9.87 Å². The predicted octanol–water partition coefficient (Wildman–Crippen LogP) is 6.84. The number of sulfonamides is 1. The van der Waals surface area contributed by atoms with Gasteiger partial charge in [-0.15, -0.1) is 0 Å². The molecule has 0 aliphatic carbocycles. The molecular weight excluding hydrogens is 621 g/mol. The summed E-state index contributed by atoms with van der Waals surface area (Å²) in [7, 11) is -4.21. The Hall–Kier alpha value is -4.05. The van der Waals surface area contributed by atoms with Gasteiger partial charge >= 0.3 is 0 Å². The van der Waals surface area contributed by atoms with Crippen LogP contribution in [0.4, 0.5) is 5.69 Å². The maximum Gasteiger partial charge on any atom is 0.264 e. The van der Waals surface area contributed by atoms with E-state index in [-0.39, 0.29) is 23.0 Å². The van der Waals surface area contributed by atoms with Gasteiger partial charge in [-0.1, -0.05) is 65.2 Å². The van der Waals surface area contributed by atoms with Crippen molar-refractivity contribution in [3.05, 3.63) is 118 Å². The highest BCUT2D eigenvalue weighted by atomic mass is 35.5. The molecule has 0 aliphatic heterocycles. The van der Waals surface area contributed by atoms with E-state index >= 15 is 0 Å². The van der Waals surface area contributed by atoms with Gasteiger partial charge in [0.1, 0.15) is 24.1 Å². The summed E-state index contributed by atoms with van der Waals surface area (Å²) in [5.74, 6) is 0.120. The lowest BCUT2D eigenvalue weighted by Gasteiger charge is -2.32. The molecule has 4 aromatic carbocycles. The molecule has 8 nitrogen and oxygen atoms in total. The highest BCUT2D eigenvalue weighted by Gasteiger charge is 2.32. The van der Waals surface area contributed by atoms with E-state index in [9.17, 15) is 18.0 Å². The van der Waals surface area contributed by atoms with Crippen LogP contribution in [0.3, 0.4) is 0 Å². The van der Waals surface area contributed by atoms with E-state index < -0.39 is 28.5 Å². The summed E-state index contributed by atoms with van der Waals surface area (Å²) >= 11 is 12.5. The van der Waals surface area contributed by atoms with Gasteiger partial charge < -0.3 is 15.0 Å². The molecule has 4 rings (SSSR count). The number of hydrogen-bond acceptors (Lipinski definition) is 5. The Morgan fingerprint density at radius 1 is 0.886 bits per heavy atom. The molecule has 0 bridgehead atoms. The van der Waals surface area contributed by atoms with Crippen LogP contribution in [-0.2, 0) is 26.2 Å². The number of benzene rings is 4. The van der Waals surface area contributed by atoms with Crippen LogP contribution in [0.5, 0.6) is 11.5 Å². The van der Waals surface area contributed by atoms with Crippen LogP contribution in [0.2, 0.25) is 10.0 Å². The number of ether oxygens (including phenoxy) is 1.